The summed E-state index contributed by atoms with van der Waals surface area (Å²) < 4.78 is 72.1. The summed E-state index contributed by atoms with van der Waals surface area (Å²) in [6.45, 7) is 0.933. The van der Waals surface area contributed by atoms with Crippen LogP contribution in [0.1, 0.15) is 70.7 Å². The zero-order chi connectivity index (χ0) is 30.9. The first-order valence-electron chi connectivity index (χ1n) is 13.8. The standard InChI is InChI=1S/C32H27ClF5N3O2/c1-18(42)27-15-20(8-9-28(27)36)25-6-4-10-39-30(25)21(11-19-12-22(34)16-23(35)13-19)14-24(43)17-41-29-7-3-2-5-26(29)31(40-41)32(33,37)38/h4,6,8-10,12-13,15-16,21H,2-3,5,7,11,14,17H2,1H3/t21-/m1/s1. The molecule has 5 nitrogen and oxygen atoms in total. The van der Waals surface area contributed by atoms with Crippen LogP contribution >= 0.6 is 11.6 Å². The summed E-state index contributed by atoms with van der Waals surface area (Å²) in [7, 11) is 0. The van der Waals surface area contributed by atoms with Gasteiger partial charge >= 0.3 is 5.38 Å². The first-order chi connectivity index (χ1) is 20.4. The van der Waals surface area contributed by atoms with Gasteiger partial charge in [0.1, 0.15) is 17.5 Å². The molecule has 2 heterocycles. The molecule has 5 rings (SSSR count). The quantitative estimate of drug-likeness (QED) is 0.104. The molecule has 0 amide bonds. The van der Waals surface area contributed by atoms with Crippen LogP contribution in [0.2, 0.25) is 0 Å². The zero-order valence-corrected chi connectivity index (χ0v) is 23.9. The van der Waals surface area contributed by atoms with Gasteiger partial charge in [0.15, 0.2) is 17.3 Å². The average molecular weight is 616 g/mol. The summed E-state index contributed by atoms with van der Waals surface area (Å²) in [5.41, 5.74) is 1.85. The molecule has 2 aromatic carbocycles. The Kier molecular flexibility index (Phi) is 8.78. The normalized spacial score (nSPS) is 13.9. The van der Waals surface area contributed by atoms with Crippen molar-refractivity contribution in [3.63, 3.8) is 0 Å². The molecule has 0 radical (unpaired) electrons. The van der Waals surface area contributed by atoms with Crippen LogP contribution in [0.15, 0.2) is 54.7 Å². The van der Waals surface area contributed by atoms with Crippen molar-refractivity contribution in [3.8, 4) is 11.1 Å². The van der Waals surface area contributed by atoms with E-state index in [1.165, 1.54) is 29.9 Å². The first kappa shape index (κ1) is 30.5. The molecule has 1 aliphatic rings. The van der Waals surface area contributed by atoms with E-state index in [4.69, 9.17) is 11.6 Å². The lowest BCUT2D eigenvalue weighted by atomic mass is 9.86. The van der Waals surface area contributed by atoms with Crippen LogP contribution < -0.4 is 0 Å². The molecule has 0 fully saturated rings. The van der Waals surface area contributed by atoms with E-state index in [-0.39, 0.29) is 36.3 Å². The molecule has 43 heavy (non-hydrogen) atoms. The number of fused-ring (bicyclic) bond motifs is 1. The highest BCUT2D eigenvalue weighted by Crippen LogP contribution is 2.38. The number of carbonyl (C=O) groups excluding carboxylic acids is 2. The first-order valence-corrected chi connectivity index (χ1v) is 14.2. The fourth-order valence-electron chi connectivity index (χ4n) is 5.76. The average Bonchev–Trinajstić information content (AvgIpc) is 3.31. The summed E-state index contributed by atoms with van der Waals surface area (Å²) in [5.74, 6) is -3.84. The number of benzene rings is 2. The van der Waals surface area contributed by atoms with E-state index in [2.05, 4.69) is 10.1 Å². The van der Waals surface area contributed by atoms with E-state index in [0.717, 1.165) is 30.7 Å². The molecule has 1 atom stereocenters. The fourth-order valence-corrected chi connectivity index (χ4v) is 5.92. The Morgan fingerprint density at radius 2 is 1.74 bits per heavy atom. The molecular formula is C32H27ClF5N3O2. The molecule has 2 aromatic heterocycles. The molecule has 0 bridgehead atoms. The van der Waals surface area contributed by atoms with Crippen molar-refractivity contribution in [1.82, 2.24) is 14.8 Å². The van der Waals surface area contributed by atoms with Crippen LogP contribution in [-0.2, 0) is 36.0 Å². The summed E-state index contributed by atoms with van der Waals surface area (Å²) in [4.78, 5) is 30.1. The van der Waals surface area contributed by atoms with Gasteiger partial charge in [-0.1, -0.05) is 12.1 Å². The third-order valence-corrected chi connectivity index (χ3v) is 7.79. The van der Waals surface area contributed by atoms with E-state index in [0.29, 0.717) is 47.3 Å². The highest BCUT2D eigenvalue weighted by molar-refractivity contribution is 6.21. The van der Waals surface area contributed by atoms with Crippen LogP contribution in [0.25, 0.3) is 11.1 Å². The van der Waals surface area contributed by atoms with E-state index in [1.54, 1.807) is 12.1 Å². The number of hydrogen-bond acceptors (Lipinski definition) is 4. The topological polar surface area (TPSA) is 64.8 Å². The van der Waals surface area contributed by atoms with Gasteiger partial charge < -0.3 is 0 Å². The molecule has 0 N–H and O–H groups in total. The lowest BCUT2D eigenvalue weighted by Crippen LogP contribution is -2.19. The maximum absolute atomic E-state index is 14.3. The van der Waals surface area contributed by atoms with Gasteiger partial charge in [0, 0.05) is 41.4 Å². The van der Waals surface area contributed by atoms with Crippen LogP contribution in [-0.4, -0.2) is 26.3 Å². The van der Waals surface area contributed by atoms with Crippen molar-refractivity contribution in [2.75, 3.05) is 0 Å². The Hall–Kier alpha value is -3.92. The predicted molar refractivity (Wildman–Crippen MR) is 151 cm³/mol. The van der Waals surface area contributed by atoms with Gasteiger partial charge in [-0.05, 0) is 92.1 Å². The number of aromatic nitrogens is 3. The monoisotopic (exact) mass is 615 g/mol. The Labute approximate surface area is 249 Å². The van der Waals surface area contributed by atoms with Crippen molar-refractivity contribution in [3.05, 3.63) is 106 Å². The minimum Gasteiger partial charge on any atom is -0.298 e. The van der Waals surface area contributed by atoms with Crippen LogP contribution in [0.3, 0.4) is 0 Å². The number of pyridine rings is 1. The van der Waals surface area contributed by atoms with Crippen molar-refractivity contribution in [2.24, 2.45) is 0 Å². The predicted octanol–water partition coefficient (Wildman–Crippen LogP) is 7.72. The van der Waals surface area contributed by atoms with Crippen LogP contribution in [0, 0.1) is 17.5 Å². The SMILES string of the molecule is CC(=O)c1cc(-c2cccnc2[C@@H](CC(=O)Cn2nc(C(F)(F)Cl)c3c2CCCC3)Cc2cc(F)cc(F)c2)ccc1F. The lowest BCUT2D eigenvalue weighted by molar-refractivity contribution is -0.120. The molecule has 0 saturated heterocycles. The summed E-state index contributed by atoms with van der Waals surface area (Å²) in [5, 5.41) is 0.337. The van der Waals surface area contributed by atoms with Gasteiger partial charge in [-0.3, -0.25) is 19.3 Å². The van der Waals surface area contributed by atoms with Gasteiger partial charge in [0.2, 0.25) is 0 Å². The second-order valence-electron chi connectivity index (χ2n) is 10.7. The molecule has 0 spiro atoms. The third-order valence-electron chi connectivity index (χ3n) is 7.61. The number of halogens is 6. The maximum Gasteiger partial charge on any atom is 0.366 e. The van der Waals surface area contributed by atoms with E-state index < -0.39 is 40.2 Å². The third kappa shape index (κ3) is 6.85. The van der Waals surface area contributed by atoms with Crippen molar-refractivity contribution >= 4 is 23.2 Å². The number of alkyl halides is 3. The smallest absolute Gasteiger partial charge is 0.298 e. The van der Waals surface area contributed by atoms with Gasteiger partial charge in [-0.15, -0.1) is 0 Å². The summed E-state index contributed by atoms with van der Waals surface area (Å²) in [6.07, 6.45) is 3.64. The van der Waals surface area contributed by atoms with Gasteiger partial charge in [-0.25, -0.2) is 13.2 Å². The largest absolute Gasteiger partial charge is 0.366 e. The second-order valence-corrected chi connectivity index (χ2v) is 11.2. The number of ketones is 2. The Morgan fingerprint density at radius 3 is 2.44 bits per heavy atom. The molecular weight excluding hydrogens is 589 g/mol. The van der Waals surface area contributed by atoms with Crippen molar-refractivity contribution < 1.29 is 31.5 Å². The number of rotatable bonds is 10. The fraction of sp³-hybridized carbons (Fsp3) is 0.312. The number of carbonyl (C=O) groups is 2. The molecule has 11 heteroatoms. The molecule has 0 aliphatic heterocycles. The summed E-state index contributed by atoms with van der Waals surface area (Å²) in [6, 6.07) is 10.4. The van der Waals surface area contributed by atoms with E-state index in [9.17, 15) is 31.5 Å². The van der Waals surface area contributed by atoms with Crippen LogP contribution in [0.5, 0.6) is 0 Å². The molecule has 1 aliphatic carbocycles. The van der Waals surface area contributed by atoms with Crippen LogP contribution in [0.4, 0.5) is 22.0 Å². The van der Waals surface area contributed by atoms with E-state index >= 15 is 0 Å². The Morgan fingerprint density at radius 1 is 1.02 bits per heavy atom. The lowest BCUT2D eigenvalue weighted by Gasteiger charge is -2.20. The number of nitrogens with zero attached hydrogens (tertiary/aromatic N) is 3. The van der Waals surface area contributed by atoms with Gasteiger partial charge in [0.25, 0.3) is 0 Å². The second kappa shape index (κ2) is 12.4. The molecule has 0 unspecified atom stereocenters. The maximum atomic E-state index is 14.3. The Balaban J connectivity index is 1.52. The summed E-state index contributed by atoms with van der Waals surface area (Å²) >= 11 is 5.33. The highest BCUT2D eigenvalue weighted by Gasteiger charge is 2.37. The van der Waals surface area contributed by atoms with Crippen molar-refractivity contribution in [2.45, 2.75) is 63.3 Å². The van der Waals surface area contributed by atoms with Gasteiger partial charge in [0.05, 0.1) is 17.8 Å². The number of Topliss-reactive ketones (excluding diaryl/α,β-unsaturated/α-hetero) is 2. The molecule has 224 valence electrons. The molecule has 0 saturated carbocycles. The molecule has 4 aromatic rings. The zero-order valence-electron chi connectivity index (χ0n) is 23.1. The van der Waals surface area contributed by atoms with E-state index in [1.807, 2.05) is 0 Å². The number of hydrogen-bond donors (Lipinski definition) is 0. The minimum absolute atomic E-state index is 0.00735. The van der Waals surface area contributed by atoms with Crippen molar-refractivity contribution in [1.29, 1.82) is 0 Å². The minimum atomic E-state index is -3.68. The Bertz CT molecular complexity index is 1680. The van der Waals surface area contributed by atoms with Gasteiger partial charge in [-0.2, -0.15) is 13.9 Å². The highest BCUT2D eigenvalue weighted by atomic mass is 35.5.